The van der Waals surface area contributed by atoms with Crippen LogP contribution in [0.5, 0.6) is 0 Å². The van der Waals surface area contributed by atoms with Crippen LogP contribution in [0.3, 0.4) is 0 Å². The summed E-state index contributed by atoms with van der Waals surface area (Å²) in [6.07, 6.45) is 4.88. The molecule has 2 unspecified atom stereocenters. The standard InChI is InChI=1S/C36H40FN7O4S2/c1-42-18-8-9-28(24-42)39-26-12-14-27(15-13-26)40-36-38-23-25-21-32(35(45)44(34(25)41-36)20-19-43(2)50(4,47)48)31-17-16-30(22-33(31)37)49(3,46)29-10-6-5-7-11-29/h5-7,10-17,21-23,28,39H,3,8-9,18-20,24H2,1-2,4H3,(H,38,40,41). The lowest BCUT2D eigenvalue weighted by atomic mass is 10.1. The molecule has 2 aromatic heterocycles. The number of pyridine rings is 1. The maximum absolute atomic E-state index is 15.8. The maximum atomic E-state index is 15.8. The predicted octanol–water partition coefficient (Wildman–Crippen LogP) is 4.87. The molecule has 14 heteroatoms. The molecule has 6 rings (SSSR count). The summed E-state index contributed by atoms with van der Waals surface area (Å²) >= 11 is 0. The lowest BCUT2D eigenvalue weighted by Gasteiger charge is -2.30. The van der Waals surface area contributed by atoms with Crippen LogP contribution < -0.4 is 16.2 Å². The second-order valence-corrected chi connectivity index (χ2v) is 17.0. The van der Waals surface area contributed by atoms with Gasteiger partial charge in [0, 0.05) is 80.6 Å². The molecular weight excluding hydrogens is 678 g/mol. The Labute approximate surface area is 291 Å². The van der Waals surface area contributed by atoms with Crippen molar-refractivity contribution in [3.63, 3.8) is 0 Å². The van der Waals surface area contributed by atoms with E-state index in [-0.39, 0.29) is 40.7 Å². The topological polar surface area (TPSA) is 130 Å². The average molecular weight is 718 g/mol. The number of halogens is 1. The SMILES string of the molecule is C=S(=O)(c1ccccc1)c1ccc(-c2cc3cnc(Nc4ccc(NC5CCCN(C)C5)cc4)nc3n(CCN(C)S(C)(=O)=O)c2=O)c(F)c1. The molecule has 5 aromatic rings. The van der Waals surface area contributed by atoms with Gasteiger partial charge in [-0.05, 0) is 86.9 Å². The Morgan fingerprint density at radius 1 is 0.980 bits per heavy atom. The average Bonchev–Trinajstić information content (AvgIpc) is 3.08. The molecule has 50 heavy (non-hydrogen) atoms. The molecule has 1 aliphatic heterocycles. The van der Waals surface area contributed by atoms with Crippen molar-refractivity contribution >= 4 is 53.8 Å². The number of anilines is 3. The molecule has 2 N–H and O–H groups in total. The van der Waals surface area contributed by atoms with Crippen LogP contribution in [0, 0.1) is 5.82 Å². The highest BCUT2D eigenvalue weighted by Gasteiger charge is 2.21. The summed E-state index contributed by atoms with van der Waals surface area (Å²) in [5.74, 6) is 3.35. The second-order valence-electron chi connectivity index (χ2n) is 12.6. The van der Waals surface area contributed by atoms with E-state index in [0.717, 1.165) is 53.9 Å². The highest BCUT2D eigenvalue weighted by atomic mass is 32.2. The third kappa shape index (κ3) is 7.73. The van der Waals surface area contributed by atoms with E-state index in [4.69, 9.17) is 0 Å². The van der Waals surface area contributed by atoms with E-state index in [0.29, 0.717) is 16.3 Å². The Hall–Kier alpha value is -4.63. The smallest absolute Gasteiger partial charge is 0.260 e. The molecule has 1 fully saturated rings. The number of likely N-dealkylation sites (tertiary alicyclic amines) is 1. The molecule has 1 saturated heterocycles. The highest BCUT2D eigenvalue weighted by molar-refractivity contribution is 8.00. The van der Waals surface area contributed by atoms with Crippen molar-refractivity contribution in [2.24, 2.45) is 0 Å². The first kappa shape index (κ1) is 35.2. The fourth-order valence-corrected chi connectivity index (χ4v) is 7.88. The molecule has 0 aliphatic carbocycles. The molecule has 0 radical (unpaired) electrons. The fraction of sp³-hybridized carbons (Fsp3) is 0.278. The van der Waals surface area contributed by atoms with Crippen LogP contribution in [-0.4, -0.2) is 88.3 Å². The minimum absolute atomic E-state index is 0.00935. The Bertz CT molecular complexity index is 2300. The van der Waals surface area contributed by atoms with Crippen molar-refractivity contribution in [3.8, 4) is 11.1 Å². The molecule has 0 spiro atoms. The van der Waals surface area contributed by atoms with Gasteiger partial charge < -0.3 is 15.5 Å². The third-order valence-corrected chi connectivity index (χ3v) is 12.3. The monoisotopic (exact) mass is 717 g/mol. The van der Waals surface area contributed by atoms with Crippen LogP contribution in [0.15, 0.2) is 99.6 Å². The zero-order chi connectivity index (χ0) is 35.6. The van der Waals surface area contributed by atoms with Crippen molar-refractivity contribution in [1.82, 2.24) is 23.7 Å². The number of fused-ring (bicyclic) bond motifs is 1. The molecule has 262 valence electrons. The van der Waals surface area contributed by atoms with Crippen LogP contribution in [0.4, 0.5) is 21.7 Å². The lowest BCUT2D eigenvalue weighted by molar-refractivity contribution is 0.261. The highest BCUT2D eigenvalue weighted by Crippen LogP contribution is 2.29. The summed E-state index contributed by atoms with van der Waals surface area (Å²) in [5, 5.41) is 7.21. The van der Waals surface area contributed by atoms with Crippen molar-refractivity contribution in [2.45, 2.75) is 35.2 Å². The van der Waals surface area contributed by atoms with Gasteiger partial charge in [0.05, 0.1) is 11.8 Å². The van der Waals surface area contributed by atoms with Crippen LogP contribution in [0.1, 0.15) is 12.8 Å². The first-order chi connectivity index (χ1) is 23.8. The van der Waals surface area contributed by atoms with E-state index < -0.39 is 30.9 Å². The number of piperidine rings is 1. The molecule has 0 saturated carbocycles. The van der Waals surface area contributed by atoms with E-state index >= 15 is 4.39 Å². The van der Waals surface area contributed by atoms with Crippen molar-refractivity contribution in [3.05, 3.63) is 101 Å². The first-order valence-corrected chi connectivity index (χ1v) is 19.7. The number of rotatable bonds is 11. The lowest BCUT2D eigenvalue weighted by Crippen LogP contribution is -2.39. The number of nitrogens with zero attached hydrogens (tertiary/aromatic N) is 5. The number of aromatic nitrogens is 3. The first-order valence-electron chi connectivity index (χ1n) is 16.2. The van der Waals surface area contributed by atoms with Gasteiger partial charge in [-0.25, -0.2) is 22.1 Å². The van der Waals surface area contributed by atoms with Gasteiger partial charge in [-0.15, -0.1) is 0 Å². The number of benzene rings is 3. The minimum Gasteiger partial charge on any atom is -0.381 e. The van der Waals surface area contributed by atoms with Crippen molar-refractivity contribution in [1.29, 1.82) is 0 Å². The van der Waals surface area contributed by atoms with Gasteiger partial charge in [0.15, 0.2) is 0 Å². The number of nitrogens with one attached hydrogen (secondary N) is 2. The zero-order valence-electron chi connectivity index (χ0n) is 28.2. The molecule has 3 aromatic carbocycles. The Morgan fingerprint density at radius 3 is 2.38 bits per heavy atom. The van der Waals surface area contributed by atoms with Gasteiger partial charge in [0.2, 0.25) is 16.0 Å². The second kappa shape index (κ2) is 14.3. The van der Waals surface area contributed by atoms with Gasteiger partial charge in [-0.1, -0.05) is 24.3 Å². The number of hydrogen-bond acceptors (Lipinski definition) is 9. The van der Waals surface area contributed by atoms with E-state index in [1.165, 1.54) is 36.0 Å². The summed E-state index contributed by atoms with van der Waals surface area (Å²) in [6.45, 7) is 2.01. The molecule has 3 heterocycles. The molecule has 0 bridgehead atoms. The third-order valence-electron chi connectivity index (χ3n) is 8.90. The van der Waals surface area contributed by atoms with Gasteiger partial charge in [0.25, 0.3) is 5.56 Å². The summed E-state index contributed by atoms with van der Waals surface area (Å²) in [6, 6.07) is 22.3. The fourth-order valence-electron chi connectivity index (χ4n) is 6.02. The molecule has 11 nitrogen and oxygen atoms in total. The van der Waals surface area contributed by atoms with E-state index in [1.807, 2.05) is 24.3 Å². The van der Waals surface area contributed by atoms with Gasteiger partial charge in [-0.3, -0.25) is 13.6 Å². The Kier molecular flexibility index (Phi) is 10.1. The molecule has 0 amide bonds. The largest absolute Gasteiger partial charge is 0.381 e. The van der Waals surface area contributed by atoms with Crippen LogP contribution in [0.2, 0.25) is 0 Å². The Balaban J connectivity index is 1.33. The van der Waals surface area contributed by atoms with Crippen LogP contribution in [0.25, 0.3) is 22.2 Å². The van der Waals surface area contributed by atoms with Crippen molar-refractivity contribution < 1.29 is 17.0 Å². The van der Waals surface area contributed by atoms with Gasteiger partial charge in [0.1, 0.15) is 11.5 Å². The maximum Gasteiger partial charge on any atom is 0.260 e. The summed E-state index contributed by atoms with van der Waals surface area (Å²) in [5.41, 5.74) is 1.43. The molecular formula is C36H40FN7O4S2. The molecule has 1 aliphatic rings. The summed E-state index contributed by atoms with van der Waals surface area (Å²) in [7, 11) is -3.01. The normalized spacial score (nSPS) is 16.7. The minimum atomic E-state index is -3.54. The summed E-state index contributed by atoms with van der Waals surface area (Å²) in [4.78, 5) is 26.1. The number of likely N-dealkylation sites (N-methyl/N-ethyl adjacent to an activating group) is 2. The van der Waals surface area contributed by atoms with Gasteiger partial charge in [-0.2, -0.15) is 4.98 Å². The number of sulfonamides is 1. The van der Waals surface area contributed by atoms with Crippen LogP contribution in [-0.2, 0) is 26.1 Å². The van der Waals surface area contributed by atoms with Crippen molar-refractivity contribution in [2.75, 3.05) is 50.6 Å². The van der Waals surface area contributed by atoms with E-state index in [1.54, 1.807) is 30.3 Å². The van der Waals surface area contributed by atoms with Crippen LogP contribution >= 0.6 is 0 Å². The zero-order valence-corrected chi connectivity index (χ0v) is 29.8. The van der Waals surface area contributed by atoms with E-state index in [2.05, 4.69) is 38.4 Å². The summed E-state index contributed by atoms with van der Waals surface area (Å²) < 4.78 is 56.2. The molecule has 2 atom stereocenters. The number of hydrogen-bond donors (Lipinski definition) is 2. The Morgan fingerprint density at radius 2 is 1.70 bits per heavy atom. The predicted molar refractivity (Wildman–Crippen MR) is 199 cm³/mol. The quantitative estimate of drug-likeness (QED) is 0.184. The van der Waals surface area contributed by atoms with E-state index in [9.17, 15) is 17.4 Å². The van der Waals surface area contributed by atoms with Gasteiger partial charge >= 0.3 is 0 Å².